The normalized spacial score (nSPS) is 34.8. The molecule has 3 aromatic rings. The average Bonchev–Trinajstić information content (AvgIpc) is 3.29. The van der Waals surface area contributed by atoms with E-state index in [2.05, 4.69) is 4.74 Å². The van der Waals surface area contributed by atoms with Gasteiger partial charge in [0.15, 0.2) is 17.3 Å². The molecule has 0 aliphatic carbocycles. The summed E-state index contributed by atoms with van der Waals surface area (Å²) in [7, 11) is 0. The van der Waals surface area contributed by atoms with E-state index in [9.17, 15) is 76.3 Å². The van der Waals surface area contributed by atoms with E-state index in [-0.39, 0.29) is 45.6 Å². The zero-order chi connectivity index (χ0) is 46.9. The monoisotopic (exact) mass is 921 g/mol. The molecule has 23 heteroatoms. The first-order valence-electron chi connectivity index (χ1n) is 20.0. The van der Waals surface area contributed by atoms with Crippen molar-refractivity contribution in [3.05, 3.63) is 83.1 Å². The molecule has 4 heterocycles. The molecule has 7 rings (SSSR count). The van der Waals surface area contributed by atoms with Crippen LogP contribution in [0.4, 0.5) is 0 Å². The Labute approximate surface area is 367 Å². The summed E-state index contributed by atoms with van der Waals surface area (Å²) in [6, 6.07) is 11.9. The molecule has 3 saturated heterocycles. The van der Waals surface area contributed by atoms with E-state index in [0.717, 1.165) is 12.1 Å². The van der Waals surface area contributed by atoms with Gasteiger partial charge in [-0.2, -0.15) is 0 Å². The van der Waals surface area contributed by atoms with Gasteiger partial charge in [0.05, 0.1) is 24.8 Å². The lowest BCUT2D eigenvalue weighted by Gasteiger charge is -2.41. The van der Waals surface area contributed by atoms with E-state index >= 15 is 0 Å². The number of ether oxygens (including phenoxy) is 8. The van der Waals surface area contributed by atoms with Crippen molar-refractivity contribution in [2.24, 2.45) is 0 Å². The van der Waals surface area contributed by atoms with E-state index in [1.54, 1.807) is 0 Å². The van der Waals surface area contributed by atoms with Crippen LogP contribution in [0.2, 0.25) is 0 Å². The minimum atomic E-state index is -1.92. The first-order valence-corrected chi connectivity index (χ1v) is 20.0. The van der Waals surface area contributed by atoms with E-state index in [1.165, 1.54) is 60.7 Å². The minimum Gasteiger partial charge on any atom is -0.571 e. The number of fused-ring (bicyclic) bond motifs is 1. The minimum absolute atomic E-state index is 0.0895. The fraction of sp³-hybridized carbons (Fsp3) is 0.452. The lowest BCUT2D eigenvalue weighted by atomic mass is 9.98. The summed E-state index contributed by atoms with van der Waals surface area (Å²) in [6.45, 7) is -2.16. The Morgan fingerprint density at radius 1 is 0.600 bits per heavy atom. The van der Waals surface area contributed by atoms with Crippen LogP contribution in [0.25, 0.3) is 12.2 Å². The molecule has 15 N–H and O–H groups in total. The number of aromatic hydroxyl groups is 4. The van der Waals surface area contributed by atoms with Crippen LogP contribution in [0.5, 0.6) is 34.5 Å². The third-order valence-electron chi connectivity index (χ3n) is 11.0. The Morgan fingerprint density at radius 2 is 1.14 bits per heavy atom. The number of hydrogen-bond acceptors (Lipinski definition) is 22. The second kappa shape index (κ2) is 20.0. The first kappa shape index (κ1) is 47.6. The number of rotatable bonds is 13. The average molecular weight is 922 g/mol. The highest BCUT2D eigenvalue weighted by atomic mass is 16.7. The van der Waals surface area contributed by atoms with Crippen molar-refractivity contribution in [3.63, 3.8) is 0 Å². The summed E-state index contributed by atoms with van der Waals surface area (Å²) in [4.78, 5) is 12.9. The third-order valence-corrected chi connectivity index (χ3v) is 11.0. The molecule has 0 radical (unpaired) electrons. The molecular formula is C42H49O23+. The highest BCUT2D eigenvalue weighted by Crippen LogP contribution is 2.47. The topological polar surface area (TPSA) is 378 Å². The maximum absolute atomic E-state index is 12.9. The van der Waals surface area contributed by atoms with Crippen LogP contribution >= 0.6 is 0 Å². The quantitative estimate of drug-likeness (QED) is 0.0451. The van der Waals surface area contributed by atoms with Crippen LogP contribution in [-0.2, 0) is 28.5 Å². The number of aliphatic hydroxyl groups is 12. The highest BCUT2D eigenvalue weighted by molar-refractivity contribution is 5.87. The van der Waals surface area contributed by atoms with Gasteiger partial charge in [0.25, 0.3) is 11.9 Å². The van der Waals surface area contributed by atoms with Gasteiger partial charge in [-0.15, -0.1) is 0 Å². The summed E-state index contributed by atoms with van der Waals surface area (Å²) in [5.74, 6) is -2.33. The highest BCUT2D eigenvalue weighted by Gasteiger charge is 2.49. The molecule has 3 aromatic carbocycles. The van der Waals surface area contributed by atoms with Gasteiger partial charge in [0.2, 0.25) is 18.9 Å². The fourth-order valence-electron chi connectivity index (χ4n) is 7.34. The second-order valence-electron chi connectivity index (χ2n) is 15.5. The van der Waals surface area contributed by atoms with Crippen molar-refractivity contribution < 1.29 is 114 Å². The van der Waals surface area contributed by atoms with Gasteiger partial charge < -0.3 is 109 Å². The van der Waals surface area contributed by atoms with Crippen molar-refractivity contribution in [2.45, 2.75) is 98.2 Å². The molecule has 0 saturated carbocycles. The van der Waals surface area contributed by atoms with E-state index in [0.29, 0.717) is 5.56 Å². The molecule has 0 aromatic heterocycles. The summed E-state index contributed by atoms with van der Waals surface area (Å²) in [5.41, 5.74) is 0.742. The largest absolute Gasteiger partial charge is 0.571 e. The molecule has 0 spiro atoms. The molecule has 23 nitrogen and oxygen atoms in total. The van der Waals surface area contributed by atoms with Crippen molar-refractivity contribution in [1.82, 2.24) is 0 Å². The Hall–Kier alpha value is -5.35. The summed E-state index contributed by atoms with van der Waals surface area (Å²) >= 11 is 0. The predicted molar refractivity (Wildman–Crippen MR) is 213 cm³/mol. The number of phenols is 3. The lowest BCUT2D eigenvalue weighted by molar-refractivity contribution is -0.296. The van der Waals surface area contributed by atoms with Crippen molar-refractivity contribution in [3.8, 4) is 34.5 Å². The summed E-state index contributed by atoms with van der Waals surface area (Å²) < 4.78 is 44.1. The van der Waals surface area contributed by atoms with Crippen LogP contribution < -0.4 is 9.47 Å². The SMILES string of the molecule is O=C(/C=C/c1ccc(O)c(O[C@@H]2O[C@H](CO)[C@@H](O)[C@H](O)[C@H]2O)c1)OC[C@H]1O[C@@H](OC2=Cc3c(O[C@@H]4O[C@H](CO)[C@@H](O)[C@H](O)[C@H]4O)cc(O)cc3[OH+]C2c2ccc(O)cc2)[C@@H](O)[C@@H](O)[C@@H]1O. The second-order valence-corrected chi connectivity index (χ2v) is 15.5. The van der Waals surface area contributed by atoms with Crippen LogP contribution in [0.15, 0.2) is 66.4 Å². The van der Waals surface area contributed by atoms with Crippen molar-refractivity contribution in [1.29, 1.82) is 0 Å². The third kappa shape index (κ3) is 10.2. The Morgan fingerprint density at radius 3 is 1.72 bits per heavy atom. The molecule has 0 amide bonds. The van der Waals surface area contributed by atoms with Gasteiger partial charge in [-0.05, 0) is 48.0 Å². The molecule has 0 bridgehead atoms. The molecule has 3 fully saturated rings. The smallest absolute Gasteiger partial charge is 0.330 e. The van der Waals surface area contributed by atoms with Gasteiger partial charge in [0, 0.05) is 18.2 Å². The summed E-state index contributed by atoms with van der Waals surface area (Å²) in [5, 5.41) is 144. The van der Waals surface area contributed by atoms with Crippen LogP contribution in [-0.4, -0.2) is 194 Å². The van der Waals surface area contributed by atoms with Gasteiger partial charge >= 0.3 is 5.97 Å². The number of carbonyl (C=O) groups is 1. The Kier molecular flexibility index (Phi) is 14.7. The molecule has 65 heavy (non-hydrogen) atoms. The molecule has 354 valence electrons. The molecule has 4 aliphatic rings. The number of aliphatic hydroxyl groups excluding tert-OH is 11. The number of carbonyl (C=O) groups excluding carboxylic acids is 1. The standard InChI is InChI=1S/C42H48O23/c43-13-26-30(49)33(52)36(55)40(63-26)60-23-11-19(46)10-22-20(23)12-25(39(59-22)17-3-5-18(45)6-4-17)62-42-38(57)35(54)32(51)28(65-42)15-58-29(48)8-2-16-1-7-21(47)24(9-16)61-41-37(56)34(53)31(50)27(14-44)64-41/h1-12,26-28,30-47,49-57H,13-15H2/p+1/b8-2+/t26-,27-,28-,30-,31-,32-,33+,34+,35+,36-,37-,38+,39?,40-,41-,42-/m1/s1. The molecule has 16 atom stereocenters. The van der Waals surface area contributed by atoms with Crippen molar-refractivity contribution >= 4 is 18.1 Å². The van der Waals surface area contributed by atoms with Crippen LogP contribution in [0.3, 0.4) is 0 Å². The Balaban J connectivity index is 1.07. The fourth-order valence-corrected chi connectivity index (χ4v) is 7.34. The number of hydrogen-bond donors (Lipinski definition) is 14. The van der Waals surface area contributed by atoms with Crippen molar-refractivity contribution in [2.75, 3.05) is 19.8 Å². The Bertz CT molecular complexity index is 2180. The molecule has 4 aliphatic heterocycles. The zero-order valence-electron chi connectivity index (χ0n) is 33.8. The molecular weight excluding hydrogens is 872 g/mol. The maximum atomic E-state index is 12.9. The number of phenolic OH excluding ortho intramolecular Hbond substituents is 3. The lowest BCUT2D eigenvalue weighted by Crippen LogP contribution is -2.60. The maximum Gasteiger partial charge on any atom is 0.330 e. The zero-order valence-corrected chi connectivity index (χ0v) is 33.8. The van der Waals surface area contributed by atoms with E-state index < -0.39 is 130 Å². The molecule has 1 unspecified atom stereocenters. The van der Waals surface area contributed by atoms with Gasteiger partial charge in [-0.1, -0.05) is 6.07 Å². The van der Waals surface area contributed by atoms with Gasteiger partial charge in [-0.25, -0.2) is 4.79 Å². The number of esters is 1. The first-order chi connectivity index (χ1) is 31.0. The van der Waals surface area contributed by atoms with Gasteiger partial charge in [0.1, 0.15) is 103 Å². The van der Waals surface area contributed by atoms with Crippen LogP contribution in [0, 0.1) is 0 Å². The van der Waals surface area contributed by atoms with Crippen LogP contribution in [0.1, 0.15) is 22.8 Å². The van der Waals surface area contributed by atoms with E-state index in [1.807, 2.05) is 0 Å². The van der Waals surface area contributed by atoms with E-state index in [4.69, 9.17) is 33.2 Å². The number of benzene rings is 3. The predicted octanol–water partition coefficient (Wildman–Crippen LogP) is -3.42. The summed E-state index contributed by atoms with van der Waals surface area (Å²) in [6.07, 6.45) is -22.9. The van der Waals surface area contributed by atoms with Gasteiger partial charge in [-0.3, -0.25) is 0 Å².